The summed E-state index contributed by atoms with van der Waals surface area (Å²) in [4.78, 5) is 86.4. The van der Waals surface area contributed by atoms with Crippen LogP contribution >= 0.6 is 23.5 Å². The van der Waals surface area contributed by atoms with Gasteiger partial charge in [0.1, 0.15) is 29.7 Å². The summed E-state index contributed by atoms with van der Waals surface area (Å²) in [7, 11) is 4.25. The summed E-state index contributed by atoms with van der Waals surface area (Å²) in [6.07, 6.45) is 6.51. The quantitative estimate of drug-likeness (QED) is 0.215. The molecule has 60 heavy (non-hydrogen) atoms. The van der Waals surface area contributed by atoms with E-state index in [4.69, 9.17) is 14.2 Å². The van der Waals surface area contributed by atoms with Crippen molar-refractivity contribution in [2.45, 2.75) is 119 Å². The van der Waals surface area contributed by atoms with Crippen LogP contribution in [-0.4, -0.2) is 112 Å². The van der Waals surface area contributed by atoms with E-state index in [1.807, 2.05) is 48.5 Å². The van der Waals surface area contributed by atoms with Gasteiger partial charge in [-0.1, -0.05) is 36.4 Å². The van der Waals surface area contributed by atoms with Crippen LogP contribution < -0.4 is 10.1 Å². The number of carbonyl (C=O) groups excluding carboxylic acids is 6. The fourth-order valence-electron chi connectivity index (χ4n) is 9.13. The molecular weight excluding hydrogens is 807 g/mol. The van der Waals surface area contributed by atoms with Crippen molar-refractivity contribution in [1.82, 2.24) is 15.1 Å². The van der Waals surface area contributed by atoms with Gasteiger partial charge in [0.15, 0.2) is 0 Å². The second-order valence-corrected chi connectivity index (χ2v) is 18.9. The molecule has 4 saturated heterocycles. The number of benzene rings is 2. The lowest BCUT2D eigenvalue weighted by Gasteiger charge is -2.40. The molecule has 0 unspecified atom stereocenters. The molecule has 0 aromatic heterocycles. The molecule has 0 spiro atoms. The van der Waals surface area contributed by atoms with Gasteiger partial charge in [-0.2, -0.15) is 0 Å². The van der Waals surface area contributed by atoms with Crippen LogP contribution in [0.25, 0.3) is 0 Å². The monoisotopic (exact) mass is 865 g/mol. The third-order valence-corrected chi connectivity index (χ3v) is 15.2. The van der Waals surface area contributed by atoms with Gasteiger partial charge >= 0.3 is 11.9 Å². The van der Waals surface area contributed by atoms with Gasteiger partial charge < -0.3 is 34.4 Å². The highest BCUT2D eigenvalue weighted by Gasteiger charge is 2.45. The lowest BCUT2D eigenvalue weighted by atomic mass is 9.82. The smallest absolute Gasteiger partial charge is 0.328 e. The van der Waals surface area contributed by atoms with E-state index in [0.717, 1.165) is 42.4 Å². The van der Waals surface area contributed by atoms with Crippen LogP contribution in [0.2, 0.25) is 0 Å². The van der Waals surface area contributed by atoms with Crippen LogP contribution in [0.1, 0.15) is 87.3 Å². The fraction of sp³-hybridized carbons (Fsp3) is 0.600. The lowest BCUT2D eigenvalue weighted by molar-refractivity contribution is -0.157. The number of methoxy groups -OCH3 is 3. The largest absolute Gasteiger partial charge is 0.497 e. The number of aliphatic hydroxyl groups is 1. The lowest BCUT2D eigenvalue weighted by Crippen LogP contribution is -2.57. The average molecular weight is 866 g/mol. The number of rotatable bonds is 16. The Balaban J connectivity index is 1.24. The van der Waals surface area contributed by atoms with Crippen LogP contribution in [0, 0.1) is 17.8 Å². The third kappa shape index (κ3) is 11.0. The number of thioether (sulfide) groups is 2. The molecule has 8 atom stereocenters. The Kier molecular flexibility index (Phi) is 16.4. The molecule has 0 bridgehead atoms. The van der Waals surface area contributed by atoms with Gasteiger partial charge in [-0.05, 0) is 117 Å². The molecule has 13 nitrogen and oxygen atoms in total. The molecule has 2 aromatic carbocycles. The van der Waals surface area contributed by atoms with Crippen molar-refractivity contribution in [3.63, 3.8) is 0 Å². The summed E-state index contributed by atoms with van der Waals surface area (Å²) in [6, 6.07) is 12.7. The molecule has 4 aliphatic heterocycles. The molecule has 0 radical (unpaired) electrons. The number of piperidine rings is 2. The van der Waals surface area contributed by atoms with Crippen LogP contribution in [0.4, 0.5) is 0 Å². The van der Waals surface area contributed by atoms with Crippen molar-refractivity contribution < 1.29 is 48.1 Å². The van der Waals surface area contributed by atoms with E-state index in [1.54, 1.807) is 40.4 Å². The van der Waals surface area contributed by atoms with Gasteiger partial charge in [-0.3, -0.25) is 19.2 Å². The molecule has 2 aromatic rings. The number of Topliss-reactive ketones (excluding diaryl/α,β-unsaturated/α-hetero) is 1. The number of ketones is 1. The Morgan fingerprint density at radius 1 is 0.700 bits per heavy atom. The maximum atomic E-state index is 14.6. The number of aliphatic hydroxyl groups excluding tert-OH is 1. The van der Waals surface area contributed by atoms with Gasteiger partial charge in [0.2, 0.25) is 17.7 Å². The van der Waals surface area contributed by atoms with Crippen molar-refractivity contribution in [1.29, 1.82) is 0 Å². The number of nitrogens with one attached hydrogen (secondary N) is 1. The number of nitrogens with zero attached hydrogens (tertiary/aromatic N) is 2. The standard InChI is InChI=1S/C45H59N3O10S2/c1-56-34-18-14-29(15-19-34)24-31(38(50)26-33-20-22-59-39-8-4-6-36(44(54)57-2)47(39)42(33)52)16-17-32(25-28-10-12-30(27-49)13-11-28)41(51)46-35-21-23-60-40-9-5-7-37(45(55)58-3)48(40)43(35)53/h10-15,18-19,31-33,35-37,39-40,49H,4-9,16-17,20-27H2,1-3H3,(H,46,51)/t31-,32-,33-,35+,36+,37+,39+,40+/m1/s1. The molecule has 15 heteroatoms. The van der Waals surface area contributed by atoms with Crippen LogP contribution in [0.5, 0.6) is 5.75 Å². The van der Waals surface area contributed by atoms with Gasteiger partial charge in [-0.25, -0.2) is 9.59 Å². The van der Waals surface area contributed by atoms with Crippen molar-refractivity contribution in [2.24, 2.45) is 17.8 Å². The van der Waals surface area contributed by atoms with Gasteiger partial charge in [-0.15, -0.1) is 23.5 Å². The van der Waals surface area contributed by atoms with E-state index in [0.29, 0.717) is 68.6 Å². The minimum absolute atomic E-state index is 0.0173. The molecule has 2 N–H and O–H groups in total. The maximum Gasteiger partial charge on any atom is 0.328 e. The Hall–Kier alpha value is -4.08. The summed E-state index contributed by atoms with van der Waals surface area (Å²) >= 11 is 3.28. The first-order valence-corrected chi connectivity index (χ1v) is 23.3. The van der Waals surface area contributed by atoms with Crippen LogP contribution in [0.3, 0.4) is 0 Å². The molecule has 3 amide bonds. The summed E-state index contributed by atoms with van der Waals surface area (Å²) in [6.45, 7) is -0.116. The molecule has 0 saturated carbocycles. The second kappa shape index (κ2) is 21.6. The Morgan fingerprint density at radius 3 is 1.78 bits per heavy atom. The van der Waals surface area contributed by atoms with Crippen LogP contribution in [-0.2, 0) is 57.7 Å². The van der Waals surface area contributed by atoms with E-state index >= 15 is 0 Å². The number of ether oxygens (including phenoxy) is 3. The molecule has 0 aliphatic carbocycles. The predicted octanol–water partition coefficient (Wildman–Crippen LogP) is 5.08. The number of hydrogen-bond acceptors (Lipinski definition) is 12. The van der Waals surface area contributed by atoms with E-state index in [-0.39, 0.29) is 47.3 Å². The summed E-state index contributed by atoms with van der Waals surface area (Å²) in [5.41, 5.74) is 2.52. The second-order valence-electron chi connectivity index (χ2n) is 16.3. The summed E-state index contributed by atoms with van der Waals surface area (Å²) in [5.74, 6) is -1.49. The van der Waals surface area contributed by atoms with Crippen LogP contribution in [0.15, 0.2) is 48.5 Å². The number of hydrogen-bond donors (Lipinski definition) is 2. The van der Waals surface area contributed by atoms with Crippen molar-refractivity contribution in [2.75, 3.05) is 32.8 Å². The molecule has 4 heterocycles. The zero-order valence-electron chi connectivity index (χ0n) is 34.9. The number of esters is 2. The maximum absolute atomic E-state index is 14.6. The van der Waals surface area contributed by atoms with Crippen molar-refractivity contribution >= 4 is 59.0 Å². The minimum atomic E-state index is -0.831. The van der Waals surface area contributed by atoms with Gasteiger partial charge in [0, 0.05) is 24.2 Å². The normalized spacial score (nSPS) is 25.4. The minimum Gasteiger partial charge on any atom is -0.497 e. The Morgan fingerprint density at radius 2 is 1.22 bits per heavy atom. The highest BCUT2D eigenvalue weighted by Crippen LogP contribution is 2.38. The number of amides is 3. The molecule has 4 aliphatic rings. The third-order valence-electron chi connectivity index (χ3n) is 12.5. The Labute approximate surface area is 361 Å². The van der Waals surface area contributed by atoms with Gasteiger partial charge in [0.25, 0.3) is 0 Å². The van der Waals surface area contributed by atoms with E-state index in [9.17, 15) is 33.9 Å². The summed E-state index contributed by atoms with van der Waals surface area (Å²) < 4.78 is 15.5. The number of fused-ring (bicyclic) bond motifs is 2. The fourth-order valence-corrected chi connectivity index (χ4v) is 12.0. The highest BCUT2D eigenvalue weighted by molar-refractivity contribution is 8.00. The zero-order valence-corrected chi connectivity index (χ0v) is 36.5. The van der Waals surface area contributed by atoms with Crippen molar-refractivity contribution in [3.05, 3.63) is 65.2 Å². The molecular formula is C45H59N3O10S2. The number of carbonyl (C=O) groups is 6. The molecule has 326 valence electrons. The summed E-state index contributed by atoms with van der Waals surface area (Å²) in [5, 5.41) is 12.4. The Bertz CT molecular complexity index is 1700. The SMILES string of the molecule is COC(=O)[C@@H]1CCC[C@@H]2SCC[C@H](CC(=O)[C@H](CC[C@H](Cc3ccc(CO)cc3)C(=O)N[C@H]3CCS[C@H]4CCC[C@@H](C(=O)OC)N4C3=O)Cc3ccc(OC)cc3)C(=O)N21. The predicted molar refractivity (Wildman–Crippen MR) is 229 cm³/mol. The topological polar surface area (TPSA) is 169 Å². The molecule has 4 fully saturated rings. The van der Waals surface area contributed by atoms with E-state index in [1.165, 1.54) is 14.2 Å². The van der Waals surface area contributed by atoms with Crippen molar-refractivity contribution in [3.8, 4) is 5.75 Å². The van der Waals surface area contributed by atoms with Gasteiger partial charge in [0.05, 0.1) is 38.7 Å². The first-order valence-electron chi connectivity index (χ1n) is 21.2. The first-order chi connectivity index (χ1) is 29.0. The molecule has 6 rings (SSSR count). The van der Waals surface area contributed by atoms with E-state index in [2.05, 4.69) is 5.32 Å². The first kappa shape index (κ1) is 45.4. The highest BCUT2D eigenvalue weighted by atomic mass is 32.2. The zero-order chi connectivity index (χ0) is 42.8. The van der Waals surface area contributed by atoms with E-state index < -0.39 is 47.8 Å². The average Bonchev–Trinajstić information content (AvgIpc) is 3.54.